The molecule has 3 aromatic rings. The number of thioether (sulfide) groups is 1. The van der Waals surface area contributed by atoms with Gasteiger partial charge in [0.15, 0.2) is 0 Å². The predicted molar refractivity (Wildman–Crippen MR) is 87.8 cm³/mol. The number of fused-ring (bicyclic) bond motifs is 1. The minimum Gasteiger partial charge on any atom is -0.423 e. The highest BCUT2D eigenvalue weighted by Crippen LogP contribution is 2.29. The molecule has 0 unspecified atom stereocenters. The second-order valence-corrected chi connectivity index (χ2v) is 6.16. The van der Waals surface area contributed by atoms with Crippen molar-refractivity contribution in [3.8, 4) is 0 Å². The largest absolute Gasteiger partial charge is 0.423 e. The molecule has 1 aromatic heterocycles. The quantitative estimate of drug-likeness (QED) is 0.501. The second-order valence-electron chi connectivity index (χ2n) is 5.14. The maximum atomic E-state index is 13.7. The molecule has 2 aromatic carbocycles. The normalized spacial score (nSPS) is 11.1. The number of hydrogen-bond acceptors (Lipinski definition) is 3. The molecule has 0 atom stereocenters. The minimum absolute atomic E-state index is 0.219. The van der Waals surface area contributed by atoms with Crippen LogP contribution in [0.3, 0.4) is 0 Å². The van der Waals surface area contributed by atoms with Gasteiger partial charge in [-0.25, -0.2) is 13.6 Å². The molecule has 0 fully saturated rings. The summed E-state index contributed by atoms with van der Waals surface area (Å²) in [6, 6.07) is 10.4. The van der Waals surface area contributed by atoms with Gasteiger partial charge >= 0.3 is 5.63 Å². The number of benzene rings is 2. The molecule has 0 N–H and O–H groups in total. The van der Waals surface area contributed by atoms with Crippen LogP contribution in [0.15, 0.2) is 56.6 Å². The third-order valence-corrected chi connectivity index (χ3v) is 4.66. The number of rotatable bonds is 4. The monoisotopic (exact) mass is 332 g/mol. The molecule has 5 heteroatoms. The van der Waals surface area contributed by atoms with Crippen LogP contribution in [0, 0.1) is 11.6 Å². The van der Waals surface area contributed by atoms with Crippen LogP contribution in [0.4, 0.5) is 8.78 Å². The second kappa shape index (κ2) is 6.54. The summed E-state index contributed by atoms with van der Waals surface area (Å²) in [5, 5.41) is 0.811. The van der Waals surface area contributed by atoms with Gasteiger partial charge in [-0.1, -0.05) is 19.1 Å². The van der Waals surface area contributed by atoms with Crippen molar-refractivity contribution >= 4 is 22.7 Å². The van der Waals surface area contributed by atoms with E-state index in [9.17, 15) is 13.6 Å². The van der Waals surface area contributed by atoms with Gasteiger partial charge in [0.25, 0.3) is 0 Å². The van der Waals surface area contributed by atoms with E-state index in [1.165, 1.54) is 6.07 Å². The summed E-state index contributed by atoms with van der Waals surface area (Å²) in [5.41, 5.74) is 1.89. The zero-order chi connectivity index (χ0) is 16.4. The average molecular weight is 332 g/mol. The first kappa shape index (κ1) is 15.7. The summed E-state index contributed by atoms with van der Waals surface area (Å²) in [5.74, 6) is -0.607. The molecule has 0 aliphatic carbocycles. The summed E-state index contributed by atoms with van der Waals surface area (Å²) >= 11 is 1.15. The van der Waals surface area contributed by atoms with E-state index < -0.39 is 17.3 Å². The molecule has 0 bridgehead atoms. The van der Waals surface area contributed by atoms with Crippen LogP contribution in [0.25, 0.3) is 11.0 Å². The van der Waals surface area contributed by atoms with Gasteiger partial charge in [0.1, 0.15) is 17.2 Å². The molecule has 23 heavy (non-hydrogen) atoms. The predicted octanol–water partition coefficient (Wildman–Crippen LogP) is 4.93. The minimum atomic E-state index is -0.487. The molecule has 118 valence electrons. The van der Waals surface area contributed by atoms with E-state index in [0.717, 1.165) is 52.9 Å². The lowest BCUT2D eigenvalue weighted by Gasteiger charge is -2.07. The molecule has 0 saturated heterocycles. The van der Waals surface area contributed by atoms with Gasteiger partial charge < -0.3 is 4.42 Å². The van der Waals surface area contributed by atoms with Crippen LogP contribution in [-0.4, -0.2) is 0 Å². The summed E-state index contributed by atoms with van der Waals surface area (Å²) < 4.78 is 32.2. The van der Waals surface area contributed by atoms with Crippen molar-refractivity contribution in [2.24, 2.45) is 0 Å². The Hall–Kier alpha value is -2.14. The fourth-order valence-corrected chi connectivity index (χ4v) is 3.31. The fraction of sp³-hybridized carbons (Fsp3) is 0.167. The molecule has 0 aliphatic heterocycles. The van der Waals surface area contributed by atoms with Crippen molar-refractivity contribution in [2.45, 2.75) is 24.0 Å². The smallest absolute Gasteiger partial charge is 0.336 e. The van der Waals surface area contributed by atoms with Crippen LogP contribution >= 0.6 is 11.8 Å². The Kier molecular flexibility index (Phi) is 4.48. The Labute approximate surface area is 136 Å². The molecule has 0 aliphatic rings. The Morgan fingerprint density at radius 3 is 2.70 bits per heavy atom. The van der Waals surface area contributed by atoms with Crippen LogP contribution in [0.1, 0.15) is 18.1 Å². The van der Waals surface area contributed by atoms with Gasteiger partial charge in [0.05, 0.1) is 0 Å². The van der Waals surface area contributed by atoms with Crippen LogP contribution in [-0.2, 0) is 12.2 Å². The lowest BCUT2D eigenvalue weighted by Crippen LogP contribution is -2.00. The van der Waals surface area contributed by atoms with E-state index in [1.54, 1.807) is 0 Å². The lowest BCUT2D eigenvalue weighted by atomic mass is 10.1. The maximum Gasteiger partial charge on any atom is 0.336 e. The Balaban J connectivity index is 1.96. The molecular weight excluding hydrogens is 318 g/mol. The van der Waals surface area contributed by atoms with E-state index in [0.29, 0.717) is 11.3 Å². The molecule has 0 spiro atoms. The van der Waals surface area contributed by atoms with Crippen LogP contribution < -0.4 is 5.63 Å². The number of aryl methyl sites for hydroxylation is 1. The third-order valence-electron chi connectivity index (χ3n) is 3.58. The standard InChI is InChI=1S/C18H14F2O2S/c1-2-11-3-5-14-12(8-18(21)22-16(14)7-11)10-23-17-9-13(19)4-6-15(17)20/h3-9H,2,10H2,1H3. The number of halogens is 2. The molecule has 2 nitrogen and oxygen atoms in total. The topological polar surface area (TPSA) is 30.2 Å². The Bertz CT molecular complexity index is 919. The Morgan fingerprint density at radius 2 is 1.91 bits per heavy atom. The zero-order valence-electron chi connectivity index (χ0n) is 12.4. The van der Waals surface area contributed by atoms with Gasteiger partial charge in [0.2, 0.25) is 0 Å². The average Bonchev–Trinajstić information content (AvgIpc) is 2.54. The molecule has 0 radical (unpaired) electrons. The van der Waals surface area contributed by atoms with E-state index in [-0.39, 0.29) is 4.90 Å². The summed E-state index contributed by atoms with van der Waals surface area (Å²) in [6.45, 7) is 2.02. The van der Waals surface area contributed by atoms with Crippen molar-refractivity contribution in [1.82, 2.24) is 0 Å². The van der Waals surface area contributed by atoms with E-state index >= 15 is 0 Å². The van der Waals surface area contributed by atoms with Gasteiger partial charge in [-0.05, 0) is 41.8 Å². The highest BCUT2D eigenvalue weighted by molar-refractivity contribution is 7.98. The van der Waals surface area contributed by atoms with Crippen molar-refractivity contribution in [3.63, 3.8) is 0 Å². The summed E-state index contributed by atoms with van der Waals surface area (Å²) in [4.78, 5) is 11.9. The third kappa shape index (κ3) is 3.45. The Morgan fingerprint density at radius 1 is 1.09 bits per heavy atom. The molecule has 1 heterocycles. The molecular formula is C18H14F2O2S. The van der Waals surface area contributed by atoms with Crippen LogP contribution in [0.2, 0.25) is 0 Å². The fourth-order valence-electron chi connectivity index (χ4n) is 2.36. The van der Waals surface area contributed by atoms with Crippen molar-refractivity contribution in [2.75, 3.05) is 0 Å². The van der Waals surface area contributed by atoms with Gasteiger partial charge in [-0.15, -0.1) is 11.8 Å². The first-order valence-corrected chi connectivity index (χ1v) is 8.19. The lowest BCUT2D eigenvalue weighted by molar-refractivity contribution is 0.559. The molecule has 0 saturated carbocycles. The zero-order valence-corrected chi connectivity index (χ0v) is 13.3. The van der Waals surface area contributed by atoms with Crippen LogP contribution in [0.5, 0.6) is 0 Å². The maximum absolute atomic E-state index is 13.7. The first-order valence-electron chi connectivity index (χ1n) is 7.20. The molecule has 0 amide bonds. The van der Waals surface area contributed by atoms with Crippen molar-refractivity contribution in [1.29, 1.82) is 0 Å². The highest BCUT2D eigenvalue weighted by atomic mass is 32.2. The van der Waals surface area contributed by atoms with Crippen molar-refractivity contribution in [3.05, 3.63) is 75.6 Å². The van der Waals surface area contributed by atoms with E-state index in [4.69, 9.17) is 4.42 Å². The summed E-state index contributed by atoms with van der Waals surface area (Å²) in [6.07, 6.45) is 0.840. The van der Waals surface area contributed by atoms with Gasteiger partial charge in [0, 0.05) is 22.1 Å². The highest BCUT2D eigenvalue weighted by Gasteiger charge is 2.09. The van der Waals surface area contributed by atoms with E-state index in [2.05, 4.69) is 0 Å². The first-order chi connectivity index (χ1) is 11.1. The van der Waals surface area contributed by atoms with E-state index in [1.807, 2.05) is 25.1 Å². The number of hydrogen-bond donors (Lipinski definition) is 0. The van der Waals surface area contributed by atoms with Crippen molar-refractivity contribution < 1.29 is 13.2 Å². The molecule has 3 rings (SSSR count). The summed E-state index contributed by atoms with van der Waals surface area (Å²) in [7, 11) is 0. The SMILES string of the molecule is CCc1ccc2c(CSc3cc(F)ccc3F)cc(=O)oc2c1. The van der Waals surface area contributed by atoms with Gasteiger partial charge in [-0.3, -0.25) is 0 Å². The van der Waals surface area contributed by atoms with Gasteiger partial charge in [-0.2, -0.15) is 0 Å².